The standard InChI is InChI=1S/C19H23N5O/c1-22-18(25)16-17(20-12-23(16)11-13-7-3-2-4-8-13)24-15-10-6-5-9-14(15)21-19(22)24/h3,7-8,12,14-15H,2,4-6,9-11H2,1H3/t14-,15+/m1/s1. The van der Waals surface area contributed by atoms with Gasteiger partial charge >= 0.3 is 0 Å². The Morgan fingerprint density at radius 3 is 2.96 bits per heavy atom. The number of guanidine groups is 1. The van der Waals surface area contributed by atoms with Crippen molar-refractivity contribution in [1.82, 2.24) is 14.5 Å². The summed E-state index contributed by atoms with van der Waals surface area (Å²) in [5, 5.41) is 0. The molecule has 6 heteroatoms. The zero-order valence-electron chi connectivity index (χ0n) is 14.6. The van der Waals surface area contributed by atoms with E-state index in [2.05, 4.69) is 28.1 Å². The molecule has 0 unspecified atom stereocenters. The number of fused-ring (bicyclic) bond motifs is 5. The van der Waals surface area contributed by atoms with Crippen LogP contribution in [0.2, 0.25) is 0 Å². The summed E-state index contributed by atoms with van der Waals surface area (Å²) in [5.74, 6) is 1.59. The topological polar surface area (TPSA) is 53.7 Å². The molecule has 1 aromatic heterocycles. The number of rotatable bonds is 2. The van der Waals surface area contributed by atoms with E-state index in [1.165, 1.54) is 18.4 Å². The van der Waals surface area contributed by atoms with Crippen LogP contribution in [0.1, 0.15) is 49.0 Å². The molecule has 1 fully saturated rings. The average molecular weight is 337 g/mol. The van der Waals surface area contributed by atoms with Gasteiger partial charge in [-0.15, -0.1) is 0 Å². The second-order valence-electron chi connectivity index (χ2n) is 7.39. The first-order chi connectivity index (χ1) is 12.2. The van der Waals surface area contributed by atoms with Gasteiger partial charge in [-0.3, -0.25) is 14.6 Å². The van der Waals surface area contributed by atoms with Crippen molar-refractivity contribution < 1.29 is 4.79 Å². The number of aliphatic imine (C=N–C) groups is 1. The van der Waals surface area contributed by atoms with E-state index >= 15 is 0 Å². The monoisotopic (exact) mass is 337 g/mol. The molecule has 6 nitrogen and oxygen atoms in total. The van der Waals surface area contributed by atoms with Gasteiger partial charge in [-0.05, 0) is 31.3 Å². The van der Waals surface area contributed by atoms with Crippen LogP contribution < -0.4 is 4.90 Å². The second kappa shape index (κ2) is 5.58. The molecule has 0 radical (unpaired) electrons. The highest BCUT2D eigenvalue weighted by molar-refractivity contribution is 6.18. The Hall–Kier alpha value is -2.37. The van der Waals surface area contributed by atoms with Gasteiger partial charge < -0.3 is 4.57 Å². The van der Waals surface area contributed by atoms with E-state index in [1.807, 2.05) is 17.9 Å². The highest BCUT2D eigenvalue weighted by Gasteiger charge is 2.47. The highest BCUT2D eigenvalue weighted by atomic mass is 16.2. The Morgan fingerprint density at radius 2 is 2.12 bits per heavy atom. The van der Waals surface area contributed by atoms with Crippen molar-refractivity contribution in [3.63, 3.8) is 0 Å². The molecule has 2 aliphatic carbocycles. The van der Waals surface area contributed by atoms with E-state index in [1.54, 1.807) is 4.90 Å². The molecule has 4 aliphatic rings. The number of imidazole rings is 1. The van der Waals surface area contributed by atoms with Crippen LogP contribution in [0.5, 0.6) is 0 Å². The van der Waals surface area contributed by atoms with Gasteiger partial charge in [0.15, 0.2) is 11.5 Å². The normalized spacial score (nSPS) is 27.6. The minimum Gasteiger partial charge on any atom is -0.320 e. The third-order valence-electron chi connectivity index (χ3n) is 5.80. The fourth-order valence-corrected chi connectivity index (χ4v) is 4.52. The van der Waals surface area contributed by atoms with Gasteiger partial charge in [0, 0.05) is 13.6 Å². The van der Waals surface area contributed by atoms with Crippen molar-refractivity contribution in [3.8, 4) is 0 Å². The summed E-state index contributed by atoms with van der Waals surface area (Å²) in [6.07, 6.45) is 15.3. The minimum absolute atomic E-state index is 0.00142. The fourth-order valence-electron chi connectivity index (χ4n) is 4.52. The first-order valence-electron chi connectivity index (χ1n) is 9.30. The average Bonchev–Trinajstić information content (AvgIpc) is 3.22. The van der Waals surface area contributed by atoms with Crippen molar-refractivity contribution in [2.24, 2.45) is 4.99 Å². The van der Waals surface area contributed by atoms with Crippen LogP contribution in [0.3, 0.4) is 0 Å². The molecule has 1 saturated carbocycles. The maximum atomic E-state index is 13.0. The molecule has 2 atom stereocenters. The van der Waals surface area contributed by atoms with Gasteiger partial charge in [0.25, 0.3) is 5.91 Å². The van der Waals surface area contributed by atoms with Crippen LogP contribution in [-0.4, -0.2) is 45.4 Å². The summed E-state index contributed by atoms with van der Waals surface area (Å²) in [6, 6.07) is 0.661. The number of amides is 1. The van der Waals surface area contributed by atoms with Crippen LogP contribution in [0, 0.1) is 0 Å². The summed E-state index contributed by atoms with van der Waals surface area (Å²) in [7, 11) is 1.84. The van der Waals surface area contributed by atoms with Crippen LogP contribution in [0.4, 0.5) is 5.82 Å². The molecule has 0 bridgehead atoms. The third kappa shape index (κ3) is 2.19. The highest BCUT2D eigenvalue weighted by Crippen LogP contribution is 2.39. The zero-order valence-corrected chi connectivity index (χ0v) is 14.6. The molecule has 5 rings (SSSR count). The summed E-state index contributed by atoms with van der Waals surface area (Å²) >= 11 is 0. The maximum absolute atomic E-state index is 13.0. The Labute approximate surface area is 147 Å². The second-order valence-corrected chi connectivity index (χ2v) is 7.39. The van der Waals surface area contributed by atoms with E-state index in [0.717, 1.165) is 37.5 Å². The van der Waals surface area contributed by atoms with Gasteiger partial charge in [0.2, 0.25) is 5.96 Å². The van der Waals surface area contributed by atoms with Crippen molar-refractivity contribution in [2.75, 3.05) is 11.9 Å². The molecule has 0 spiro atoms. The van der Waals surface area contributed by atoms with Crippen LogP contribution in [0.15, 0.2) is 35.1 Å². The zero-order chi connectivity index (χ0) is 17.0. The molecule has 0 saturated heterocycles. The Balaban J connectivity index is 1.55. The predicted octanol–water partition coefficient (Wildman–Crippen LogP) is 2.73. The molecule has 1 aromatic rings. The lowest BCUT2D eigenvalue weighted by molar-refractivity contribution is 0.0855. The quantitative estimate of drug-likeness (QED) is 0.834. The van der Waals surface area contributed by atoms with E-state index < -0.39 is 0 Å². The molecule has 0 N–H and O–H groups in total. The van der Waals surface area contributed by atoms with Crippen molar-refractivity contribution in [3.05, 3.63) is 35.8 Å². The molecule has 2 aliphatic heterocycles. The molecule has 0 aromatic carbocycles. The molecular formula is C19H23N5O. The molecule has 1 amide bonds. The Kier molecular flexibility index (Phi) is 3.33. The SMILES string of the molecule is CN1C(=O)c2c(ncn2CC2=CCCC=C2)N2C1=N[C@@H]1CCCC[C@@H]12. The number of hydrogen-bond donors (Lipinski definition) is 0. The molecular weight excluding hydrogens is 314 g/mol. The first-order valence-corrected chi connectivity index (χ1v) is 9.30. The van der Waals surface area contributed by atoms with Gasteiger partial charge in [-0.1, -0.05) is 31.1 Å². The van der Waals surface area contributed by atoms with E-state index in [9.17, 15) is 4.79 Å². The molecule has 130 valence electrons. The van der Waals surface area contributed by atoms with E-state index in [0.29, 0.717) is 24.3 Å². The van der Waals surface area contributed by atoms with E-state index in [-0.39, 0.29) is 5.91 Å². The number of hydrogen-bond acceptors (Lipinski definition) is 4. The van der Waals surface area contributed by atoms with Gasteiger partial charge in [-0.2, -0.15) is 0 Å². The first kappa shape index (κ1) is 14.9. The number of carbonyl (C=O) groups excluding carboxylic acids is 1. The summed E-state index contributed by atoms with van der Waals surface area (Å²) in [6.45, 7) is 0.701. The van der Waals surface area contributed by atoms with Crippen molar-refractivity contribution >= 4 is 17.7 Å². The van der Waals surface area contributed by atoms with Crippen LogP contribution in [-0.2, 0) is 6.54 Å². The van der Waals surface area contributed by atoms with Gasteiger partial charge in [0.1, 0.15) is 0 Å². The summed E-state index contributed by atoms with van der Waals surface area (Å²) in [5.41, 5.74) is 1.95. The lowest BCUT2D eigenvalue weighted by Crippen LogP contribution is -2.52. The largest absolute Gasteiger partial charge is 0.320 e. The smallest absolute Gasteiger partial charge is 0.280 e. The Bertz CT molecular complexity index is 818. The van der Waals surface area contributed by atoms with Crippen molar-refractivity contribution in [1.29, 1.82) is 0 Å². The lowest BCUT2D eigenvalue weighted by atomic mass is 9.90. The number of carbonyl (C=O) groups is 1. The molecule has 3 heterocycles. The third-order valence-corrected chi connectivity index (χ3v) is 5.80. The van der Waals surface area contributed by atoms with Gasteiger partial charge in [-0.25, -0.2) is 9.98 Å². The summed E-state index contributed by atoms with van der Waals surface area (Å²) < 4.78 is 2.00. The minimum atomic E-state index is 0.00142. The van der Waals surface area contributed by atoms with Crippen LogP contribution in [0.25, 0.3) is 0 Å². The molecule has 25 heavy (non-hydrogen) atoms. The van der Waals surface area contributed by atoms with Crippen LogP contribution >= 0.6 is 0 Å². The van der Waals surface area contributed by atoms with Crippen molar-refractivity contribution in [2.45, 2.75) is 57.2 Å². The lowest BCUT2D eigenvalue weighted by Gasteiger charge is -2.37. The number of aromatic nitrogens is 2. The summed E-state index contributed by atoms with van der Waals surface area (Å²) in [4.78, 5) is 26.5. The predicted molar refractivity (Wildman–Crippen MR) is 96.7 cm³/mol. The van der Waals surface area contributed by atoms with Gasteiger partial charge in [0.05, 0.1) is 18.4 Å². The number of allylic oxidation sites excluding steroid dienone is 4. The fraction of sp³-hybridized carbons (Fsp3) is 0.526. The van der Waals surface area contributed by atoms with E-state index in [4.69, 9.17) is 4.99 Å². The number of anilines is 1. The number of nitrogens with zero attached hydrogens (tertiary/aromatic N) is 5. The maximum Gasteiger partial charge on any atom is 0.280 e. The Morgan fingerprint density at radius 1 is 1.24 bits per heavy atom.